The summed E-state index contributed by atoms with van der Waals surface area (Å²) < 4.78 is 5.29. The first kappa shape index (κ1) is 21.5. The number of hydrogen-bond acceptors (Lipinski definition) is 4. The van der Waals surface area contributed by atoms with E-state index in [1.54, 1.807) is 14.1 Å². The molecule has 0 saturated carbocycles. The standard InChI is InChI=1S/C23H27N3O4/c1-26(2)23(29)18(15-17-11-7-4-8-12-17)25-22(28)20-19(30-20)21(27)24-14-13-16-9-5-3-6-10-16/h3-12,18-20H,13-15H2,1-2H3,(H,24,27)(H,25,28)/t18-,19?,20?/m0/s1. The van der Waals surface area contributed by atoms with Crippen LogP contribution in [-0.2, 0) is 32.0 Å². The molecule has 158 valence electrons. The highest BCUT2D eigenvalue weighted by Gasteiger charge is 2.50. The molecule has 3 rings (SSSR count). The third kappa shape index (κ3) is 5.90. The van der Waals surface area contributed by atoms with Crippen molar-refractivity contribution in [3.63, 3.8) is 0 Å². The number of rotatable bonds is 9. The zero-order chi connectivity index (χ0) is 21.5. The van der Waals surface area contributed by atoms with Crippen LogP contribution >= 0.6 is 0 Å². The summed E-state index contributed by atoms with van der Waals surface area (Å²) in [6, 6.07) is 18.6. The minimum atomic E-state index is -0.866. The van der Waals surface area contributed by atoms with E-state index in [0.29, 0.717) is 19.4 Å². The number of ether oxygens (including phenoxy) is 1. The molecule has 3 atom stereocenters. The van der Waals surface area contributed by atoms with Gasteiger partial charge in [0.05, 0.1) is 0 Å². The van der Waals surface area contributed by atoms with Crippen molar-refractivity contribution in [2.75, 3.05) is 20.6 Å². The zero-order valence-corrected chi connectivity index (χ0v) is 17.2. The number of benzene rings is 2. The van der Waals surface area contributed by atoms with Crippen molar-refractivity contribution in [1.29, 1.82) is 0 Å². The Morgan fingerprint density at radius 1 is 0.900 bits per heavy atom. The Bertz CT molecular complexity index is 871. The normalized spacial score (nSPS) is 18.2. The first-order valence-electron chi connectivity index (χ1n) is 9.98. The first-order chi connectivity index (χ1) is 14.5. The van der Waals surface area contributed by atoms with Crippen LogP contribution in [0, 0.1) is 0 Å². The lowest BCUT2D eigenvalue weighted by atomic mass is 10.0. The Morgan fingerprint density at radius 3 is 2.07 bits per heavy atom. The van der Waals surface area contributed by atoms with Crippen molar-refractivity contribution in [3.8, 4) is 0 Å². The fourth-order valence-electron chi connectivity index (χ4n) is 3.20. The molecule has 1 fully saturated rings. The summed E-state index contributed by atoms with van der Waals surface area (Å²) in [5.41, 5.74) is 2.06. The number of nitrogens with zero attached hydrogens (tertiary/aromatic N) is 1. The van der Waals surface area contributed by atoms with E-state index in [9.17, 15) is 14.4 Å². The number of carbonyl (C=O) groups excluding carboxylic acids is 3. The number of likely N-dealkylation sites (N-methyl/N-ethyl adjacent to an activating group) is 1. The maximum Gasteiger partial charge on any atom is 0.253 e. The zero-order valence-electron chi connectivity index (χ0n) is 17.2. The Hall–Kier alpha value is -3.19. The predicted molar refractivity (Wildman–Crippen MR) is 113 cm³/mol. The Morgan fingerprint density at radius 2 is 1.47 bits per heavy atom. The van der Waals surface area contributed by atoms with E-state index < -0.39 is 24.2 Å². The molecule has 0 bridgehead atoms. The first-order valence-corrected chi connectivity index (χ1v) is 9.98. The molecule has 0 spiro atoms. The molecule has 2 N–H and O–H groups in total. The summed E-state index contributed by atoms with van der Waals surface area (Å²) >= 11 is 0. The van der Waals surface area contributed by atoms with Gasteiger partial charge in [0.1, 0.15) is 6.04 Å². The van der Waals surface area contributed by atoms with Gasteiger partial charge in [-0.2, -0.15) is 0 Å². The molecular formula is C23H27N3O4. The summed E-state index contributed by atoms with van der Waals surface area (Å²) in [5, 5.41) is 5.53. The minimum absolute atomic E-state index is 0.211. The molecule has 2 unspecified atom stereocenters. The van der Waals surface area contributed by atoms with Gasteiger partial charge in [0.2, 0.25) is 5.91 Å². The van der Waals surface area contributed by atoms with Gasteiger partial charge < -0.3 is 20.3 Å². The Labute approximate surface area is 176 Å². The van der Waals surface area contributed by atoms with Crippen LogP contribution in [0.3, 0.4) is 0 Å². The SMILES string of the molecule is CN(C)C(=O)[C@H](Cc1ccccc1)NC(=O)C1OC1C(=O)NCCc1ccccc1. The second kappa shape index (κ2) is 10.0. The highest BCUT2D eigenvalue weighted by molar-refractivity contribution is 5.97. The molecule has 0 radical (unpaired) electrons. The molecule has 7 heteroatoms. The second-order valence-corrected chi connectivity index (χ2v) is 7.49. The van der Waals surface area contributed by atoms with Gasteiger partial charge in [-0.15, -0.1) is 0 Å². The van der Waals surface area contributed by atoms with Gasteiger partial charge in [-0.3, -0.25) is 14.4 Å². The van der Waals surface area contributed by atoms with Crippen LogP contribution in [0.5, 0.6) is 0 Å². The van der Waals surface area contributed by atoms with Gasteiger partial charge in [-0.05, 0) is 17.5 Å². The quantitative estimate of drug-likeness (QED) is 0.603. The number of epoxide rings is 1. The monoisotopic (exact) mass is 409 g/mol. The van der Waals surface area contributed by atoms with E-state index in [2.05, 4.69) is 10.6 Å². The fraction of sp³-hybridized carbons (Fsp3) is 0.348. The van der Waals surface area contributed by atoms with Gasteiger partial charge >= 0.3 is 0 Å². The molecule has 0 aromatic heterocycles. The third-order valence-corrected chi connectivity index (χ3v) is 4.90. The lowest BCUT2D eigenvalue weighted by molar-refractivity contribution is -0.134. The van der Waals surface area contributed by atoms with E-state index in [4.69, 9.17) is 4.74 Å². The van der Waals surface area contributed by atoms with Crippen molar-refractivity contribution in [2.45, 2.75) is 31.1 Å². The summed E-state index contributed by atoms with van der Waals surface area (Å²) in [5.74, 6) is -0.976. The average molecular weight is 409 g/mol. The summed E-state index contributed by atoms with van der Waals surface area (Å²) in [6.07, 6.45) is -0.612. The highest BCUT2D eigenvalue weighted by atomic mass is 16.6. The number of nitrogens with one attached hydrogen (secondary N) is 2. The van der Waals surface area contributed by atoms with Crippen LogP contribution in [0.4, 0.5) is 0 Å². The molecule has 0 aliphatic carbocycles. The van der Waals surface area contributed by atoms with Crippen LogP contribution in [-0.4, -0.2) is 61.5 Å². The van der Waals surface area contributed by atoms with Crippen LogP contribution < -0.4 is 10.6 Å². The van der Waals surface area contributed by atoms with Crippen molar-refractivity contribution in [1.82, 2.24) is 15.5 Å². The lowest BCUT2D eigenvalue weighted by Crippen LogP contribution is -2.49. The van der Waals surface area contributed by atoms with E-state index in [-0.39, 0.29) is 11.8 Å². The van der Waals surface area contributed by atoms with Crippen LogP contribution in [0.15, 0.2) is 60.7 Å². The highest BCUT2D eigenvalue weighted by Crippen LogP contribution is 2.23. The Kier molecular flexibility index (Phi) is 7.19. The van der Waals surface area contributed by atoms with Gasteiger partial charge in [0.25, 0.3) is 11.8 Å². The van der Waals surface area contributed by atoms with Crippen molar-refractivity contribution >= 4 is 17.7 Å². The van der Waals surface area contributed by atoms with Crippen molar-refractivity contribution in [2.24, 2.45) is 0 Å². The predicted octanol–water partition coefficient (Wildman–Crippen LogP) is 0.928. The molecule has 1 aliphatic rings. The molecule has 1 heterocycles. The maximum absolute atomic E-state index is 12.6. The third-order valence-electron chi connectivity index (χ3n) is 4.90. The van der Waals surface area contributed by atoms with Crippen molar-refractivity contribution in [3.05, 3.63) is 71.8 Å². The maximum atomic E-state index is 12.6. The number of hydrogen-bond donors (Lipinski definition) is 2. The van der Waals surface area contributed by atoms with E-state index in [0.717, 1.165) is 11.1 Å². The smallest absolute Gasteiger partial charge is 0.253 e. The van der Waals surface area contributed by atoms with Crippen LogP contribution in [0.1, 0.15) is 11.1 Å². The molecule has 1 aliphatic heterocycles. The van der Waals surface area contributed by atoms with E-state index in [1.165, 1.54) is 4.90 Å². The minimum Gasteiger partial charge on any atom is -0.353 e. The van der Waals surface area contributed by atoms with Crippen molar-refractivity contribution < 1.29 is 19.1 Å². The van der Waals surface area contributed by atoms with Gasteiger partial charge in [-0.1, -0.05) is 60.7 Å². The molecule has 1 saturated heterocycles. The summed E-state index contributed by atoms with van der Waals surface area (Å²) in [7, 11) is 3.28. The van der Waals surface area contributed by atoms with E-state index in [1.807, 2.05) is 60.7 Å². The summed E-state index contributed by atoms with van der Waals surface area (Å²) in [6.45, 7) is 0.465. The number of amides is 3. The molecule has 2 aromatic rings. The van der Waals surface area contributed by atoms with Crippen LogP contribution in [0.2, 0.25) is 0 Å². The fourth-order valence-corrected chi connectivity index (χ4v) is 3.20. The lowest BCUT2D eigenvalue weighted by Gasteiger charge is -2.21. The molecule has 7 nitrogen and oxygen atoms in total. The largest absolute Gasteiger partial charge is 0.353 e. The average Bonchev–Trinajstić information content (AvgIpc) is 3.55. The van der Waals surface area contributed by atoms with Gasteiger partial charge in [0.15, 0.2) is 12.2 Å². The molecule has 3 amide bonds. The topological polar surface area (TPSA) is 91.0 Å². The van der Waals surface area contributed by atoms with Gasteiger partial charge in [0, 0.05) is 27.1 Å². The van der Waals surface area contributed by atoms with Gasteiger partial charge in [-0.25, -0.2) is 0 Å². The summed E-state index contributed by atoms with van der Waals surface area (Å²) in [4.78, 5) is 38.7. The number of carbonyl (C=O) groups is 3. The molecule has 2 aromatic carbocycles. The van der Waals surface area contributed by atoms with E-state index >= 15 is 0 Å². The van der Waals surface area contributed by atoms with Crippen LogP contribution in [0.25, 0.3) is 0 Å². The second-order valence-electron chi connectivity index (χ2n) is 7.49. The molecular weight excluding hydrogens is 382 g/mol. The Balaban J connectivity index is 1.50. The molecule has 30 heavy (non-hydrogen) atoms.